The van der Waals surface area contributed by atoms with E-state index in [1.54, 1.807) is 56.5 Å². The van der Waals surface area contributed by atoms with E-state index in [1.807, 2.05) is 34.6 Å². The number of aryl methyl sites for hydroxylation is 1. The largest absolute Gasteiger partial charge is 0.460 e. The number of hydrogen-bond donors (Lipinski definition) is 1. The average Bonchev–Trinajstić information content (AvgIpc) is 4.02. The van der Waals surface area contributed by atoms with Gasteiger partial charge in [0.1, 0.15) is 42.9 Å². The molecule has 4 rings (SSSR count). The fourth-order valence-corrected chi connectivity index (χ4v) is 3.66. The van der Waals surface area contributed by atoms with Crippen LogP contribution in [0.4, 0.5) is 0 Å². The summed E-state index contributed by atoms with van der Waals surface area (Å²) < 4.78 is 50.0. The molecule has 0 aliphatic carbocycles. The molecule has 0 atom stereocenters. The van der Waals surface area contributed by atoms with Gasteiger partial charge in [0.25, 0.3) is 0 Å². The fourth-order valence-electron chi connectivity index (χ4n) is 3.66. The van der Waals surface area contributed by atoms with Gasteiger partial charge in [-0.05, 0) is 88.1 Å². The molecule has 0 bridgehead atoms. The van der Waals surface area contributed by atoms with Gasteiger partial charge in [-0.2, -0.15) is 0 Å². The third-order valence-corrected chi connectivity index (χ3v) is 6.17. The van der Waals surface area contributed by atoms with E-state index >= 15 is 0 Å². The van der Waals surface area contributed by atoms with Crippen LogP contribution in [0.25, 0.3) is 0 Å². The molecule has 4 heterocycles. The van der Waals surface area contributed by atoms with Gasteiger partial charge >= 0.3 is 23.9 Å². The molecule has 0 aliphatic heterocycles. The van der Waals surface area contributed by atoms with Crippen molar-refractivity contribution in [2.24, 2.45) is 0 Å². The van der Waals surface area contributed by atoms with E-state index in [2.05, 4.69) is 0 Å². The molecule has 0 fully saturated rings. The molecule has 15 heteroatoms. The predicted octanol–water partition coefficient (Wildman–Crippen LogP) is 7.87. The maximum absolute atomic E-state index is 11.3. The highest BCUT2D eigenvalue weighted by Crippen LogP contribution is 2.12. The number of aliphatic hydroxyl groups excluding tert-OH is 1. The number of carbonyl (C=O) groups excluding carboxylic acids is 4. The first-order chi connectivity index (χ1) is 26.1. The lowest BCUT2D eigenvalue weighted by atomic mass is 10.4. The lowest BCUT2D eigenvalue weighted by molar-refractivity contribution is 0.0452. The van der Waals surface area contributed by atoms with Crippen molar-refractivity contribution in [2.75, 3.05) is 40.1 Å². The van der Waals surface area contributed by atoms with Gasteiger partial charge in [-0.1, -0.05) is 27.7 Å². The van der Waals surface area contributed by atoms with Crippen molar-refractivity contribution in [1.82, 2.24) is 0 Å². The molecule has 0 radical (unpaired) electrons. The number of ether oxygens (including phenoxy) is 6. The van der Waals surface area contributed by atoms with Gasteiger partial charge in [-0.3, -0.25) is 0 Å². The summed E-state index contributed by atoms with van der Waals surface area (Å²) in [6.45, 7) is 14.2. The maximum Gasteiger partial charge on any atom is 0.374 e. The molecule has 4 aromatic heterocycles. The third kappa shape index (κ3) is 19.1. The van der Waals surface area contributed by atoms with Gasteiger partial charge in [0, 0.05) is 13.7 Å². The highest BCUT2D eigenvalue weighted by Gasteiger charge is 2.14. The Bertz CT molecular complexity index is 1610. The van der Waals surface area contributed by atoms with Crippen LogP contribution in [0.15, 0.2) is 66.2 Å². The number of esters is 4. The molecule has 0 spiro atoms. The van der Waals surface area contributed by atoms with Crippen LogP contribution < -0.4 is 0 Å². The number of methoxy groups -OCH3 is 1. The third-order valence-electron chi connectivity index (χ3n) is 6.17. The molecule has 15 nitrogen and oxygen atoms in total. The zero-order valence-electron chi connectivity index (χ0n) is 32.3. The quantitative estimate of drug-likeness (QED) is 0.0758. The standard InChI is InChI=1S/C11H16O4.C10H14O4.C9H12O4.C9H12O3/c1-3-7-14-11(12)10-6-5-9(15-10)8-13-4-2;1-3-6-13-10(11)9-5-4-8(14-9)7-12-2;1-2-5-12-9(11)8-4-3-7(6-10)13-8;1-3-6-11-9(10)8-5-4-7(2)12-8/h5-6H,3-4,7-8H2,1-2H3;4-5H,3,6-7H2,1-2H3;3-4,10H,2,5-6H2,1H3;4-5H,3,6H2,1-2H3. The molecular formula is C39H54O15. The SMILES string of the molecule is CCCOC(=O)c1ccc(C)o1.CCCOC(=O)c1ccc(CO)o1.CCCOC(=O)c1ccc(COC)o1.CCCOC(=O)c1ccc(COCC)o1. The smallest absolute Gasteiger partial charge is 0.374 e. The summed E-state index contributed by atoms with van der Waals surface area (Å²) in [5.74, 6) is 1.51. The van der Waals surface area contributed by atoms with Crippen LogP contribution in [0.5, 0.6) is 0 Å². The lowest BCUT2D eigenvalue weighted by Crippen LogP contribution is -2.04. The molecule has 0 unspecified atom stereocenters. The first-order valence-electron chi connectivity index (χ1n) is 17.8. The van der Waals surface area contributed by atoms with E-state index in [1.165, 1.54) is 6.07 Å². The molecular weight excluding hydrogens is 708 g/mol. The second-order valence-corrected chi connectivity index (χ2v) is 11.0. The summed E-state index contributed by atoms with van der Waals surface area (Å²) in [6.07, 6.45) is 3.21. The van der Waals surface area contributed by atoms with E-state index in [9.17, 15) is 19.2 Å². The van der Waals surface area contributed by atoms with Gasteiger partial charge in [0.2, 0.25) is 23.0 Å². The molecule has 4 aromatic rings. The van der Waals surface area contributed by atoms with E-state index in [0.717, 1.165) is 31.4 Å². The Morgan fingerprint density at radius 1 is 0.519 bits per heavy atom. The summed E-state index contributed by atoms with van der Waals surface area (Å²) in [4.78, 5) is 44.8. The first-order valence-corrected chi connectivity index (χ1v) is 17.8. The molecule has 1 N–H and O–H groups in total. The minimum atomic E-state index is -0.485. The Morgan fingerprint density at radius 2 is 0.870 bits per heavy atom. The number of hydrogen-bond acceptors (Lipinski definition) is 15. The van der Waals surface area contributed by atoms with E-state index < -0.39 is 17.9 Å². The zero-order valence-corrected chi connectivity index (χ0v) is 32.3. The fraction of sp³-hybridized carbons (Fsp3) is 0.487. The first kappa shape index (κ1) is 46.9. The summed E-state index contributed by atoms with van der Waals surface area (Å²) in [5.41, 5.74) is 0. The molecule has 0 saturated heterocycles. The Hall–Kier alpha value is -5.12. The summed E-state index contributed by atoms with van der Waals surface area (Å²) in [7, 11) is 1.57. The topological polar surface area (TPSA) is 196 Å². The molecule has 0 aliphatic rings. The molecule has 0 aromatic carbocycles. The molecule has 0 amide bonds. The molecule has 0 saturated carbocycles. The predicted molar refractivity (Wildman–Crippen MR) is 194 cm³/mol. The van der Waals surface area contributed by atoms with Crippen LogP contribution in [-0.4, -0.2) is 69.1 Å². The number of aliphatic hydroxyl groups is 1. The van der Waals surface area contributed by atoms with Gasteiger partial charge < -0.3 is 51.2 Å². The van der Waals surface area contributed by atoms with Crippen molar-refractivity contribution < 1.29 is 70.4 Å². The van der Waals surface area contributed by atoms with E-state index in [4.69, 9.17) is 51.2 Å². The summed E-state index contributed by atoms with van der Waals surface area (Å²) >= 11 is 0. The van der Waals surface area contributed by atoms with Crippen LogP contribution in [-0.2, 0) is 48.2 Å². The van der Waals surface area contributed by atoms with Crippen molar-refractivity contribution >= 4 is 23.9 Å². The summed E-state index contributed by atoms with van der Waals surface area (Å²) in [6, 6.07) is 13.0. The van der Waals surface area contributed by atoms with Crippen LogP contribution in [0.2, 0.25) is 0 Å². The van der Waals surface area contributed by atoms with Crippen LogP contribution >= 0.6 is 0 Å². The highest BCUT2D eigenvalue weighted by atomic mass is 16.6. The van der Waals surface area contributed by atoms with Gasteiger partial charge in [-0.25, -0.2) is 19.2 Å². The highest BCUT2D eigenvalue weighted by molar-refractivity contribution is 5.87. The number of carbonyl (C=O) groups is 4. The van der Waals surface area contributed by atoms with Crippen molar-refractivity contribution in [3.63, 3.8) is 0 Å². The van der Waals surface area contributed by atoms with Crippen molar-refractivity contribution in [1.29, 1.82) is 0 Å². The van der Waals surface area contributed by atoms with Crippen LogP contribution in [0.3, 0.4) is 0 Å². The maximum atomic E-state index is 11.3. The second kappa shape index (κ2) is 28.4. The Balaban J connectivity index is 0.000000361. The van der Waals surface area contributed by atoms with E-state index in [-0.39, 0.29) is 35.6 Å². The van der Waals surface area contributed by atoms with Gasteiger partial charge in [0.05, 0.1) is 26.4 Å². The Morgan fingerprint density at radius 3 is 1.19 bits per heavy atom. The van der Waals surface area contributed by atoms with Crippen molar-refractivity contribution in [2.45, 2.75) is 87.0 Å². The molecule has 300 valence electrons. The van der Waals surface area contributed by atoms with Crippen molar-refractivity contribution in [3.05, 3.63) is 94.6 Å². The number of furan rings is 4. The second-order valence-electron chi connectivity index (χ2n) is 11.0. The van der Waals surface area contributed by atoms with Crippen LogP contribution in [0, 0.1) is 6.92 Å². The lowest BCUT2D eigenvalue weighted by Gasteiger charge is -1.99. The minimum absolute atomic E-state index is 0.137. The minimum Gasteiger partial charge on any atom is -0.460 e. The Labute approximate surface area is 315 Å². The van der Waals surface area contributed by atoms with Gasteiger partial charge in [0.15, 0.2) is 0 Å². The number of rotatable bonds is 18. The van der Waals surface area contributed by atoms with Crippen LogP contribution in [0.1, 0.15) is 126 Å². The van der Waals surface area contributed by atoms with Crippen molar-refractivity contribution in [3.8, 4) is 0 Å². The normalized spacial score (nSPS) is 10.1. The van der Waals surface area contributed by atoms with Gasteiger partial charge in [-0.15, -0.1) is 0 Å². The monoisotopic (exact) mass is 762 g/mol. The summed E-state index contributed by atoms with van der Waals surface area (Å²) in [5, 5.41) is 8.66. The zero-order chi connectivity index (χ0) is 40.1. The van der Waals surface area contributed by atoms with E-state index in [0.29, 0.717) is 63.5 Å². The average molecular weight is 763 g/mol. The molecule has 54 heavy (non-hydrogen) atoms. The Kier molecular flexibility index (Phi) is 24.7.